The number of esters is 1. The van der Waals surface area contributed by atoms with Crippen LogP contribution in [-0.4, -0.2) is 44.8 Å². The van der Waals surface area contributed by atoms with Crippen molar-refractivity contribution >= 4 is 27.6 Å². The van der Waals surface area contributed by atoms with Crippen LogP contribution < -0.4 is 5.32 Å². The van der Waals surface area contributed by atoms with E-state index in [1.165, 1.54) is 35.7 Å². The van der Waals surface area contributed by atoms with Gasteiger partial charge in [0.05, 0.1) is 30.0 Å². The van der Waals surface area contributed by atoms with Gasteiger partial charge in [0.25, 0.3) is 0 Å². The number of benzene rings is 2. The van der Waals surface area contributed by atoms with Gasteiger partial charge in [-0.25, -0.2) is 21.9 Å². The Kier molecular flexibility index (Phi) is 6.84. The zero-order chi connectivity index (χ0) is 21.7. The maximum absolute atomic E-state index is 13.1. The molecular formula is C21H23FN2O5S. The van der Waals surface area contributed by atoms with Crippen LogP contribution in [0.2, 0.25) is 0 Å². The molecule has 1 fully saturated rings. The Morgan fingerprint density at radius 3 is 2.57 bits per heavy atom. The highest BCUT2D eigenvalue weighted by molar-refractivity contribution is 7.88. The number of amides is 1. The maximum atomic E-state index is 13.1. The molecule has 1 N–H and O–H groups in total. The Labute approximate surface area is 174 Å². The molecule has 3 rings (SSSR count). The van der Waals surface area contributed by atoms with Crippen molar-refractivity contribution in [1.29, 1.82) is 0 Å². The fourth-order valence-corrected chi connectivity index (χ4v) is 5.02. The lowest BCUT2D eigenvalue weighted by Gasteiger charge is -2.31. The Bertz CT molecular complexity index is 1020. The van der Waals surface area contributed by atoms with E-state index in [1.54, 1.807) is 24.3 Å². The third-order valence-corrected chi connectivity index (χ3v) is 6.82. The molecule has 0 aliphatic carbocycles. The number of methoxy groups -OCH3 is 1. The van der Waals surface area contributed by atoms with Crippen molar-refractivity contribution in [2.75, 3.05) is 25.5 Å². The zero-order valence-electron chi connectivity index (χ0n) is 16.5. The van der Waals surface area contributed by atoms with E-state index in [9.17, 15) is 22.4 Å². The summed E-state index contributed by atoms with van der Waals surface area (Å²) >= 11 is 0. The summed E-state index contributed by atoms with van der Waals surface area (Å²) in [6, 6.07) is 11.8. The summed E-state index contributed by atoms with van der Waals surface area (Å²) in [5.74, 6) is -2.16. The molecule has 2 aromatic rings. The summed E-state index contributed by atoms with van der Waals surface area (Å²) in [5.41, 5.74) is 1.03. The highest BCUT2D eigenvalue weighted by atomic mass is 32.2. The molecule has 0 aromatic heterocycles. The van der Waals surface area contributed by atoms with Gasteiger partial charge in [-0.2, -0.15) is 0 Å². The quantitative estimate of drug-likeness (QED) is 0.706. The molecule has 1 aliphatic heterocycles. The van der Waals surface area contributed by atoms with E-state index < -0.39 is 27.7 Å². The van der Waals surface area contributed by atoms with Crippen molar-refractivity contribution in [3.8, 4) is 0 Å². The SMILES string of the molecule is COC(=O)c1ccccc1NC(=O)[C@H]1CCCN(S(=O)(=O)Cc2ccc(F)cc2)C1. The van der Waals surface area contributed by atoms with Crippen molar-refractivity contribution in [3.05, 3.63) is 65.5 Å². The Hall–Kier alpha value is -2.78. The molecular weight excluding hydrogens is 411 g/mol. The number of para-hydroxylation sites is 1. The number of rotatable bonds is 6. The second-order valence-corrected chi connectivity index (χ2v) is 9.08. The molecule has 0 saturated carbocycles. The predicted molar refractivity (Wildman–Crippen MR) is 110 cm³/mol. The number of piperidine rings is 1. The average Bonchev–Trinajstić information content (AvgIpc) is 2.75. The molecule has 0 bridgehead atoms. The number of halogens is 1. The molecule has 2 aromatic carbocycles. The third kappa shape index (κ3) is 5.22. The molecule has 0 unspecified atom stereocenters. The van der Waals surface area contributed by atoms with E-state index in [2.05, 4.69) is 5.32 Å². The van der Waals surface area contributed by atoms with Crippen LogP contribution in [-0.2, 0) is 25.3 Å². The topological polar surface area (TPSA) is 92.8 Å². The molecule has 1 saturated heterocycles. The number of ether oxygens (including phenoxy) is 1. The second kappa shape index (κ2) is 9.36. The van der Waals surface area contributed by atoms with Crippen molar-refractivity contribution in [1.82, 2.24) is 4.31 Å². The van der Waals surface area contributed by atoms with Crippen LogP contribution in [0.3, 0.4) is 0 Å². The van der Waals surface area contributed by atoms with Gasteiger partial charge in [-0.1, -0.05) is 24.3 Å². The molecule has 9 heteroatoms. The first-order chi connectivity index (χ1) is 14.3. The smallest absolute Gasteiger partial charge is 0.339 e. The van der Waals surface area contributed by atoms with Crippen LogP contribution in [0.5, 0.6) is 0 Å². The molecule has 1 aliphatic rings. The number of anilines is 1. The van der Waals surface area contributed by atoms with Gasteiger partial charge in [0, 0.05) is 13.1 Å². The molecule has 1 atom stereocenters. The number of hydrogen-bond donors (Lipinski definition) is 1. The standard InChI is InChI=1S/C21H23FN2O5S/c1-29-21(26)18-6-2-3-7-19(18)23-20(25)16-5-4-12-24(13-16)30(27,28)14-15-8-10-17(22)11-9-15/h2-3,6-11,16H,4-5,12-14H2,1H3,(H,23,25)/t16-/m0/s1. The number of carbonyl (C=O) groups excluding carboxylic acids is 2. The van der Waals surface area contributed by atoms with Gasteiger partial charge in [-0.3, -0.25) is 4.79 Å². The average molecular weight is 434 g/mol. The first-order valence-corrected chi connectivity index (χ1v) is 11.1. The summed E-state index contributed by atoms with van der Waals surface area (Å²) in [5, 5.41) is 2.72. The summed E-state index contributed by atoms with van der Waals surface area (Å²) < 4.78 is 44.7. The lowest BCUT2D eigenvalue weighted by Crippen LogP contribution is -2.44. The second-order valence-electron chi connectivity index (χ2n) is 7.11. The lowest BCUT2D eigenvalue weighted by atomic mass is 9.98. The van der Waals surface area contributed by atoms with Gasteiger partial charge in [0.2, 0.25) is 15.9 Å². The fraction of sp³-hybridized carbons (Fsp3) is 0.333. The van der Waals surface area contributed by atoms with Crippen LogP contribution >= 0.6 is 0 Å². The number of carbonyl (C=O) groups is 2. The van der Waals surface area contributed by atoms with E-state index in [1.807, 2.05) is 0 Å². The largest absolute Gasteiger partial charge is 0.465 e. The lowest BCUT2D eigenvalue weighted by molar-refractivity contribution is -0.120. The van der Waals surface area contributed by atoms with E-state index in [4.69, 9.17) is 4.74 Å². The van der Waals surface area contributed by atoms with Gasteiger partial charge in [-0.15, -0.1) is 0 Å². The minimum Gasteiger partial charge on any atom is -0.465 e. The molecule has 1 amide bonds. The Balaban J connectivity index is 1.69. The Morgan fingerprint density at radius 2 is 1.87 bits per heavy atom. The van der Waals surface area contributed by atoms with Crippen molar-refractivity contribution < 1.29 is 27.1 Å². The molecule has 30 heavy (non-hydrogen) atoms. The normalized spacial score (nSPS) is 17.3. The number of nitrogens with one attached hydrogen (secondary N) is 1. The molecule has 1 heterocycles. The molecule has 7 nitrogen and oxygen atoms in total. The minimum atomic E-state index is -3.66. The van der Waals surface area contributed by atoms with Crippen LogP contribution in [0.1, 0.15) is 28.8 Å². The summed E-state index contributed by atoms with van der Waals surface area (Å²) in [4.78, 5) is 24.7. The van der Waals surface area contributed by atoms with Gasteiger partial charge in [-0.05, 0) is 42.7 Å². The summed E-state index contributed by atoms with van der Waals surface area (Å²) in [7, 11) is -2.40. The summed E-state index contributed by atoms with van der Waals surface area (Å²) in [6.07, 6.45) is 1.08. The van der Waals surface area contributed by atoms with E-state index in [0.717, 1.165) is 0 Å². The highest BCUT2D eigenvalue weighted by Gasteiger charge is 2.32. The fourth-order valence-electron chi connectivity index (χ4n) is 3.41. The first kappa shape index (κ1) is 21.9. The van der Waals surface area contributed by atoms with Gasteiger partial charge >= 0.3 is 5.97 Å². The molecule has 0 radical (unpaired) electrons. The van der Waals surface area contributed by atoms with Crippen LogP contribution in [0, 0.1) is 11.7 Å². The minimum absolute atomic E-state index is 0.0513. The number of sulfonamides is 1. The van der Waals surface area contributed by atoms with Crippen LogP contribution in [0.4, 0.5) is 10.1 Å². The third-order valence-electron chi connectivity index (χ3n) is 5.00. The number of hydrogen-bond acceptors (Lipinski definition) is 5. The van der Waals surface area contributed by atoms with Crippen LogP contribution in [0.25, 0.3) is 0 Å². The Morgan fingerprint density at radius 1 is 1.17 bits per heavy atom. The monoisotopic (exact) mass is 434 g/mol. The van der Waals surface area contributed by atoms with E-state index in [-0.39, 0.29) is 23.8 Å². The van der Waals surface area contributed by atoms with Gasteiger partial charge in [0.15, 0.2) is 0 Å². The van der Waals surface area contributed by atoms with E-state index >= 15 is 0 Å². The predicted octanol–water partition coefficient (Wildman–Crippen LogP) is 2.79. The number of nitrogens with zero attached hydrogens (tertiary/aromatic N) is 1. The van der Waals surface area contributed by atoms with E-state index in [0.29, 0.717) is 30.6 Å². The highest BCUT2D eigenvalue weighted by Crippen LogP contribution is 2.24. The maximum Gasteiger partial charge on any atom is 0.339 e. The van der Waals surface area contributed by atoms with Crippen LogP contribution in [0.15, 0.2) is 48.5 Å². The van der Waals surface area contributed by atoms with Crippen molar-refractivity contribution in [3.63, 3.8) is 0 Å². The van der Waals surface area contributed by atoms with Gasteiger partial charge < -0.3 is 10.1 Å². The zero-order valence-corrected chi connectivity index (χ0v) is 17.3. The molecule has 160 valence electrons. The van der Waals surface area contributed by atoms with Gasteiger partial charge in [0.1, 0.15) is 5.82 Å². The summed E-state index contributed by atoms with van der Waals surface area (Å²) in [6.45, 7) is 0.377. The van der Waals surface area contributed by atoms with Crippen molar-refractivity contribution in [2.45, 2.75) is 18.6 Å². The van der Waals surface area contributed by atoms with Crippen molar-refractivity contribution in [2.24, 2.45) is 5.92 Å². The molecule has 0 spiro atoms. The first-order valence-electron chi connectivity index (χ1n) is 9.50.